The van der Waals surface area contributed by atoms with Gasteiger partial charge in [0.2, 0.25) is 0 Å². The molecule has 0 bridgehead atoms. The summed E-state index contributed by atoms with van der Waals surface area (Å²) in [4.78, 5) is 5.69. The van der Waals surface area contributed by atoms with E-state index in [0.29, 0.717) is 6.54 Å². The molecule has 0 radical (unpaired) electrons. The van der Waals surface area contributed by atoms with Gasteiger partial charge in [0, 0.05) is 42.3 Å². The van der Waals surface area contributed by atoms with Gasteiger partial charge in [-0.05, 0) is 32.0 Å². The minimum absolute atomic E-state index is 0.0639. The van der Waals surface area contributed by atoms with Crippen molar-refractivity contribution >= 4 is 10.9 Å². The van der Waals surface area contributed by atoms with Crippen molar-refractivity contribution in [2.75, 3.05) is 26.7 Å². The summed E-state index contributed by atoms with van der Waals surface area (Å²) in [6.07, 6.45) is 1.03. The molecule has 4 nitrogen and oxygen atoms in total. The molecule has 1 aromatic carbocycles. The molecule has 2 rings (SSSR count). The first-order valence-corrected chi connectivity index (χ1v) is 6.82. The van der Waals surface area contributed by atoms with Crippen LogP contribution in [0.5, 0.6) is 0 Å². The van der Waals surface area contributed by atoms with Gasteiger partial charge in [-0.2, -0.15) is 0 Å². The van der Waals surface area contributed by atoms with Crippen LogP contribution < -0.4 is 11.5 Å². The number of likely N-dealkylation sites (N-methyl/N-ethyl adjacent to an activating group) is 1. The standard InChI is InChI=1S/C15H24N4/c1-11-13(7-8-19(2)10-12(17)9-16)14-5-3-4-6-15(14)18-11/h3-6,12,18H,7-10,16-17H2,1-2H3. The second kappa shape index (κ2) is 6.19. The molecule has 1 heterocycles. The Morgan fingerprint density at radius 1 is 1.32 bits per heavy atom. The molecule has 0 amide bonds. The van der Waals surface area contributed by atoms with Gasteiger partial charge in [-0.25, -0.2) is 0 Å². The van der Waals surface area contributed by atoms with E-state index in [0.717, 1.165) is 19.5 Å². The smallest absolute Gasteiger partial charge is 0.0458 e. The molecule has 0 fully saturated rings. The maximum atomic E-state index is 5.87. The first-order valence-electron chi connectivity index (χ1n) is 6.82. The lowest BCUT2D eigenvalue weighted by Gasteiger charge is -2.20. The summed E-state index contributed by atoms with van der Waals surface area (Å²) >= 11 is 0. The first kappa shape index (κ1) is 14.1. The quantitative estimate of drug-likeness (QED) is 0.731. The fourth-order valence-electron chi connectivity index (χ4n) is 2.53. The molecule has 1 unspecified atom stereocenters. The Morgan fingerprint density at radius 3 is 2.79 bits per heavy atom. The number of aromatic amines is 1. The fraction of sp³-hybridized carbons (Fsp3) is 0.467. The zero-order valence-corrected chi connectivity index (χ0v) is 11.8. The van der Waals surface area contributed by atoms with Crippen molar-refractivity contribution in [1.29, 1.82) is 0 Å². The minimum atomic E-state index is 0.0639. The van der Waals surface area contributed by atoms with Crippen LogP contribution in [0.25, 0.3) is 10.9 Å². The Hall–Kier alpha value is -1.36. The molecule has 19 heavy (non-hydrogen) atoms. The number of nitrogens with two attached hydrogens (primary N) is 2. The molecule has 0 aliphatic rings. The molecule has 0 saturated heterocycles. The average molecular weight is 260 g/mol. The third-order valence-electron chi connectivity index (χ3n) is 3.62. The maximum Gasteiger partial charge on any atom is 0.0458 e. The summed E-state index contributed by atoms with van der Waals surface area (Å²) in [6, 6.07) is 8.52. The number of nitrogens with one attached hydrogen (secondary N) is 1. The van der Waals surface area contributed by atoms with E-state index in [2.05, 4.69) is 48.1 Å². The van der Waals surface area contributed by atoms with E-state index < -0.39 is 0 Å². The Kier molecular flexibility index (Phi) is 4.58. The van der Waals surface area contributed by atoms with Crippen LogP contribution in [0, 0.1) is 6.92 Å². The second-order valence-electron chi connectivity index (χ2n) is 5.28. The summed E-state index contributed by atoms with van der Waals surface area (Å²) < 4.78 is 0. The number of nitrogens with zero attached hydrogens (tertiary/aromatic N) is 1. The van der Waals surface area contributed by atoms with Gasteiger partial charge in [-0.15, -0.1) is 0 Å². The van der Waals surface area contributed by atoms with Gasteiger partial charge in [0.05, 0.1) is 0 Å². The van der Waals surface area contributed by atoms with Gasteiger partial charge in [-0.3, -0.25) is 0 Å². The number of fused-ring (bicyclic) bond motifs is 1. The largest absolute Gasteiger partial charge is 0.358 e. The van der Waals surface area contributed by atoms with E-state index in [1.807, 2.05) is 0 Å². The molecule has 0 spiro atoms. The number of rotatable bonds is 6. The molecule has 5 N–H and O–H groups in total. The summed E-state index contributed by atoms with van der Waals surface area (Å²) in [5.74, 6) is 0. The second-order valence-corrected chi connectivity index (χ2v) is 5.28. The maximum absolute atomic E-state index is 5.87. The van der Waals surface area contributed by atoms with E-state index in [1.54, 1.807) is 0 Å². The predicted molar refractivity (Wildman–Crippen MR) is 81.3 cm³/mol. The number of para-hydroxylation sites is 1. The number of H-pyrrole nitrogens is 1. The zero-order chi connectivity index (χ0) is 13.8. The SMILES string of the molecule is Cc1[nH]c2ccccc2c1CCN(C)CC(N)CN. The highest BCUT2D eigenvalue weighted by Gasteiger charge is 2.10. The Morgan fingerprint density at radius 2 is 2.05 bits per heavy atom. The Bertz CT molecular complexity index is 532. The number of hydrogen-bond donors (Lipinski definition) is 3. The van der Waals surface area contributed by atoms with Crippen LogP contribution in [0.1, 0.15) is 11.3 Å². The van der Waals surface area contributed by atoms with Crippen molar-refractivity contribution in [2.45, 2.75) is 19.4 Å². The number of aromatic nitrogens is 1. The highest BCUT2D eigenvalue weighted by atomic mass is 15.1. The summed E-state index contributed by atoms with van der Waals surface area (Å²) in [6.45, 7) is 4.52. The van der Waals surface area contributed by atoms with Crippen molar-refractivity contribution in [1.82, 2.24) is 9.88 Å². The minimum Gasteiger partial charge on any atom is -0.358 e. The number of benzene rings is 1. The van der Waals surface area contributed by atoms with Crippen LogP contribution in [0.2, 0.25) is 0 Å². The molecule has 0 saturated carbocycles. The highest BCUT2D eigenvalue weighted by Crippen LogP contribution is 2.22. The van der Waals surface area contributed by atoms with Crippen LogP contribution in [-0.2, 0) is 6.42 Å². The average Bonchev–Trinajstić information content (AvgIpc) is 2.71. The topological polar surface area (TPSA) is 71.1 Å². The van der Waals surface area contributed by atoms with E-state index in [1.165, 1.54) is 22.2 Å². The Balaban J connectivity index is 2.03. The van der Waals surface area contributed by atoms with Gasteiger partial charge < -0.3 is 21.4 Å². The third-order valence-corrected chi connectivity index (χ3v) is 3.62. The third kappa shape index (κ3) is 3.35. The van der Waals surface area contributed by atoms with Crippen LogP contribution in [-0.4, -0.2) is 42.6 Å². The fourth-order valence-corrected chi connectivity index (χ4v) is 2.53. The van der Waals surface area contributed by atoms with Crippen molar-refractivity contribution in [3.05, 3.63) is 35.5 Å². The van der Waals surface area contributed by atoms with Crippen LogP contribution >= 0.6 is 0 Å². The van der Waals surface area contributed by atoms with E-state index in [4.69, 9.17) is 11.5 Å². The molecular weight excluding hydrogens is 236 g/mol. The normalized spacial score (nSPS) is 13.3. The van der Waals surface area contributed by atoms with E-state index in [-0.39, 0.29) is 6.04 Å². The van der Waals surface area contributed by atoms with E-state index in [9.17, 15) is 0 Å². The number of aryl methyl sites for hydroxylation is 1. The van der Waals surface area contributed by atoms with E-state index >= 15 is 0 Å². The molecule has 2 aromatic rings. The predicted octanol–water partition coefficient (Wildman–Crippen LogP) is 1.24. The van der Waals surface area contributed by atoms with Crippen molar-refractivity contribution in [3.8, 4) is 0 Å². The molecule has 1 aromatic heterocycles. The first-order chi connectivity index (χ1) is 9.11. The molecule has 104 valence electrons. The monoisotopic (exact) mass is 260 g/mol. The van der Waals surface area contributed by atoms with Gasteiger partial charge in [0.25, 0.3) is 0 Å². The molecule has 0 aliphatic carbocycles. The summed E-state index contributed by atoms with van der Waals surface area (Å²) in [5.41, 5.74) is 15.3. The molecule has 4 heteroatoms. The molecular formula is C15H24N4. The lowest BCUT2D eigenvalue weighted by Crippen LogP contribution is -2.41. The van der Waals surface area contributed by atoms with Crippen molar-refractivity contribution < 1.29 is 0 Å². The highest BCUT2D eigenvalue weighted by molar-refractivity contribution is 5.84. The van der Waals surface area contributed by atoms with Crippen LogP contribution in [0.4, 0.5) is 0 Å². The molecule has 0 aliphatic heterocycles. The van der Waals surface area contributed by atoms with Gasteiger partial charge in [-0.1, -0.05) is 18.2 Å². The number of hydrogen-bond acceptors (Lipinski definition) is 3. The van der Waals surface area contributed by atoms with Crippen LogP contribution in [0.3, 0.4) is 0 Å². The van der Waals surface area contributed by atoms with Gasteiger partial charge >= 0.3 is 0 Å². The lowest BCUT2D eigenvalue weighted by molar-refractivity contribution is 0.316. The van der Waals surface area contributed by atoms with Gasteiger partial charge in [0.15, 0.2) is 0 Å². The van der Waals surface area contributed by atoms with Crippen LogP contribution in [0.15, 0.2) is 24.3 Å². The lowest BCUT2D eigenvalue weighted by atomic mass is 10.1. The van der Waals surface area contributed by atoms with Crippen molar-refractivity contribution in [3.63, 3.8) is 0 Å². The molecule has 1 atom stereocenters. The summed E-state index contributed by atoms with van der Waals surface area (Å²) in [7, 11) is 2.10. The Labute approximate surface area is 114 Å². The summed E-state index contributed by atoms with van der Waals surface area (Å²) in [5, 5.41) is 1.33. The van der Waals surface area contributed by atoms with Crippen molar-refractivity contribution in [2.24, 2.45) is 11.5 Å². The zero-order valence-electron chi connectivity index (χ0n) is 11.8. The van der Waals surface area contributed by atoms with Gasteiger partial charge in [0.1, 0.15) is 0 Å².